The molecular weight excluding hydrogens is 238 g/mol. The van der Waals surface area contributed by atoms with Gasteiger partial charge in [0.1, 0.15) is 17.1 Å². The summed E-state index contributed by atoms with van der Waals surface area (Å²) >= 11 is 0. The van der Waals surface area contributed by atoms with Crippen LogP contribution in [0.25, 0.3) is 0 Å². The van der Waals surface area contributed by atoms with E-state index in [1.54, 1.807) is 13.0 Å². The number of rotatable bonds is 5. The Bertz CT molecular complexity index is 520. The minimum absolute atomic E-state index is 0.402. The number of nitrogens with one attached hydrogen (secondary N) is 2. The van der Waals surface area contributed by atoms with Crippen molar-refractivity contribution in [3.05, 3.63) is 29.0 Å². The van der Waals surface area contributed by atoms with Crippen molar-refractivity contribution >= 4 is 5.97 Å². The molecule has 8 nitrogen and oxygen atoms in total. The van der Waals surface area contributed by atoms with Crippen molar-refractivity contribution < 1.29 is 13.9 Å². The molecule has 0 saturated heterocycles. The highest BCUT2D eigenvalue weighted by atomic mass is 16.5. The van der Waals surface area contributed by atoms with E-state index < -0.39 is 5.97 Å². The number of hydrogen-bond acceptors (Lipinski definition) is 7. The average molecular weight is 251 g/mol. The fraction of sp³-hybridized carbons (Fsp3) is 0.400. The number of carbonyl (C=O) groups is 1. The van der Waals surface area contributed by atoms with Gasteiger partial charge in [0, 0.05) is 0 Å². The standard InChI is InChI=1S/C10H13N5O3/c1-6-8(10(16)17-2)3-7(18-6)4-11-5-9-12-14-15-13-9/h3,11H,4-5H2,1-2H3,(H,12,13,14,15). The molecule has 0 fully saturated rings. The average Bonchev–Trinajstić information content (AvgIpc) is 2.98. The van der Waals surface area contributed by atoms with E-state index in [0.717, 1.165) is 0 Å². The largest absolute Gasteiger partial charge is 0.465 e. The SMILES string of the molecule is COC(=O)c1cc(CNCc2nn[nH]n2)oc1C. The van der Waals surface area contributed by atoms with Gasteiger partial charge in [-0.05, 0) is 13.0 Å². The predicted octanol–water partition coefficient (Wildman–Crippen LogP) is 0.178. The Labute approximate surface area is 103 Å². The monoisotopic (exact) mass is 251 g/mol. The number of hydrogen-bond donors (Lipinski definition) is 2. The molecule has 0 aliphatic carbocycles. The third-order valence-electron chi connectivity index (χ3n) is 2.35. The lowest BCUT2D eigenvalue weighted by Crippen LogP contribution is -2.13. The summed E-state index contributed by atoms with van der Waals surface area (Å²) in [5.41, 5.74) is 0.439. The zero-order chi connectivity index (χ0) is 13.0. The van der Waals surface area contributed by atoms with Gasteiger partial charge in [-0.2, -0.15) is 5.21 Å². The Hall–Kier alpha value is -2.22. The van der Waals surface area contributed by atoms with Crippen LogP contribution in [0.2, 0.25) is 0 Å². The van der Waals surface area contributed by atoms with Crippen LogP contribution >= 0.6 is 0 Å². The first kappa shape index (κ1) is 12.2. The number of aryl methyl sites for hydroxylation is 1. The van der Waals surface area contributed by atoms with Gasteiger partial charge in [-0.3, -0.25) is 0 Å². The third kappa shape index (κ3) is 2.72. The molecule has 0 aromatic carbocycles. The molecule has 2 aromatic rings. The van der Waals surface area contributed by atoms with Crippen molar-refractivity contribution in [2.45, 2.75) is 20.0 Å². The smallest absolute Gasteiger partial charge is 0.341 e. The van der Waals surface area contributed by atoms with E-state index in [9.17, 15) is 4.79 Å². The molecule has 0 aliphatic rings. The van der Waals surface area contributed by atoms with Gasteiger partial charge in [-0.1, -0.05) is 5.21 Å². The number of tetrazole rings is 1. The molecule has 0 aliphatic heterocycles. The lowest BCUT2D eigenvalue weighted by molar-refractivity contribution is 0.0599. The number of aromatic nitrogens is 4. The van der Waals surface area contributed by atoms with E-state index in [1.165, 1.54) is 7.11 Å². The lowest BCUT2D eigenvalue weighted by atomic mass is 10.2. The van der Waals surface area contributed by atoms with Crippen LogP contribution in [0.1, 0.15) is 27.7 Å². The normalized spacial score (nSPS) is 10.6. The Morgan fingerprint density at radius 3 is 3.06 bits per heavy atom. The van der Waals surface area contributed by atoms with Gasteiger partial charge in [0.15, 0.2) is 5.82 Å². The van der Waals surface area contributed by atoms with Gasteiger partial charge < -0.3 is 14.5 Å². The molecule has 0 amide bonds. The van der Waals surface area contributed by atoms with Crippen molar-refractivity contribution in [3.8, 4) is 0 Å². The molecular formula is C10H13N5O3. The van der Waals surface area contributed by atoms with E-state index in [2.05, 4.69) is 30.7 Å². The molecule has 0 spiro atoms. The van der Waals surface area contributed by atoms with E-state index in [4.69, 9.17) is 4.42 Å². The lowest BCUT2D eigenvalue weighted by Gasteiger charge is -1.97. The second-order valence-corrected chi connectivity index (χ2v) is 3.61. The Morgan fingerprint density at radius 2 is 2.39 bits per heavy atom. The second kappa shape index (κ2) is 5.41. The predicted molar refractivity (Wildman–Crippen MR) is 59.5 cm³/mol. The first-order valence-electron chi connectivity index (χ1n) is 5.31. The fourth-order valence-electron chi connectivity index (χ4n) is 1.50. The first-order valence-corrected chi connectivity index (χ1v) is 5.31. The van der Waals surface area contributed by atoms with Gasteiger partial charge >= 0.3 is 5.97 Å². The second-order valence-electron chi connectivity index (χ2n) is 3.61. The number of carbonyl (C=O) groups excluding carboxylic acids is 1. The minimum atomic E-state index is -0.402. The highest BCUT2D eigenvalue weighted by Gasteiger charge is 2.14. The summed E-state index contributed by atoms with van der Waals surface area (Å²) in [5, 5.41) is 16.5. The maximum atomic E-state index is 11.4. The number of H-pyrrole nitrogens is 1. The van der Waals surface area contributed by atoms with Gasteiger partial charge in [0.25, 0.3) is 0 Å². The molecule has 0 unspecified atom stereocenters. The summed E-state index contributed by atoms with van der Waals surface area (Å²) in [6.07, 6.45) is 0. The van der Waals surface area contributed by atoms with Crippen molar-refractivity contribution in [3.63, 3.8) is 0 Å². The van der Waals surface area contributed by atoms with Crippen LogP contribution in [-0.4, -0.2) is 33.7 Å². The number of esters is 1. The summed E-state index contributed by atoms with van der Waals surface area (Å²) in [6, 6.07) is 1.66. The molecule has 0 saturated carbocycles. The zero-order valence-corrected chi connectivity index (χ0v) is 10.1. The van der Waals surface area contributed by atoms with Gasteiger partial charge in [0.05, 0.1) is 20.2 Å². The number of aromatic amines is 1. The molecule has 96 valence electrons. The Balaban J connectivity index is 1.92. The third-order valence-corrected chi connectivity index (χ3v) is 2.35. The molecule has 0 atom stereocenters. The zero-order valence-electron chi connectivity index (χ0n) is 10.1. The maximum absolute atomic E-state index is 11.4. The van der Waals surface area contributed by atoms with Crippen LogP contribution in [0.5, 0.6) is 0 Å². The molecule has 2 N–H and O–H groups in total. The van der Waals surface area contributed by atoms with Crippen LogP contribution in [0.4, 0.5) is 0 Å². The number of ether oxygens (including phenoxy) is 1. The van der Waals surface area contributed by atoms with Crippen molar-refractivity contribution in [2.24, 2.45) is 0 Å². The van der Waals surface area contributed by atoms with E-state index in [0.29, 0.717) is 36.0 Å². The highest BCUT2D eigenvalue weighted by Crippen LogP contribution is 2.15. The quantitative estimate of drug-likeness (QED) is 0.730. The van der Waals surface area contributed by atoms with E-state index in [1.807, 2.05) is 0 Å². The maximum Gasteiger partial charge on any atom is 0.341 e. The van der Waals surface area contributed by atoms with E-state index in [-0.39, 0.29) is 0 Å². The number of furan rings is 1. The van der Waals surface area contributed by atoms with Crippen LogP contribution in [0.15, 0.2) is 10.5 Å². The van der Waals surface area contributed by atoms with Crippen molar-refractivity contribution in [2.75, 3.05) is 7.11 Å². The van der Waals surface area contributed by atoms with Crippen molar-refractivity contribution in [1.82, 2.24) is 25.9 Å². The molecule has 0 bridgehead atoms. The summed E-state index contributed by atoms with van der Waals surface area (Å²) in [7, 11) is 1.34. The summed E-state index contributed by atoms with van der Waals surface area (Å²) in [6.45, 7) is 2.64. The van der Waals surface area contributed by atoms with Gasteiger partial charge in [-0.15, -0.1) is 10.2 Å². The number of nitrogens with zero attached hydrogens (tertiary/aromatic N) is 3. The Morgan fingerprint density at radius 1 is 1.56 bits per heavy atom. The van der Waals surface area contributed by atoms with Crippen LogP contribution < -0.4 is 5.32 Å². The van der Waals surface area contributed by atoms with E-state index >= 15 is 0 Å². The summed E-state index contributed by atoms with van der Waals surface area (Å²) in [4.78, 5) is 11.4. The summed E-state index contributed by atoms with van der Waals surface area (Å²) in [5.74, 6) is 1.35. The first-order chi connectivity index (χ1) is 8.70. The molecule has 2 rings (SSSR count). The topological polar surface area (TPSA) is 106 Å². The van der Waals surface area contributed by atoms with Crippen LogP contribution in [0, 0.1) is 6.92 Å². The van der Waals surface area contributed by atoms with Gasteiger partial charge in [-0.25, -0.2) is 4.79 Å². The summed E-state index contributed by atoms with van der Waals surface area (Å²) < 4.78 is 10.1. The molecule has 2 aromatic heterocycles. The Kier molecular flexibility index (Phi) is 3.68. The number of methoxy groups -OCH3 is 1. The molecule has 18 heavy (non-hydrogen) atoms. The molecule has 0 radical (unpaired) electrons. The highest BCUT2D eigenvalue weighted by molar-refractivity contribution is 5.90. The minimum Gasteiger partial charge on any atom is -0.465 e. The van der Waals surface area contributed by atoms with Crippen LogP contribution in [0.3, 0.4) is 0 Å². The molecule has 2 heterocycles. The fourth-order valence-corrected chi connectivity index (χ4v) is 1.50. The molecule has 8 heteroatoms. The van der Waals surface area contributed by atoms with Gasteiger partial charge in [0.2, 0.25) is 0 Å². The van der Waals surface area contributed by atoms with Crippen molar-refractivity contribution in [1.29, 1.82) is 0 Å². The van der Waals surface area contributed by atoms with Crippen LogP contribution in [-0.2, 0) is 17.8 Å².